The van der Waals surface area contributed by atoms with E-state index >= 15 is 0 Å². The van der Waals surface area contributed by atoms with Crippen molar-refractivity contribution in [3.63, 3.8) is 0 Å². The molecule has 0 spiro atoms. The molecule has 1 aromatic carbocycles. The van der Waals surface area contributed by atoms with Gasteiger partial charge in [0.25, 0.3) is 0 Å². The van der Waals surface area contributed by atoms with Crippen molar-refractivity contribution >= 4 is 18.0 Å². The van der Waals surface area contributed by atoms with Crippen molar-refractivity contribution in [3.05, 3.63) is 35.4 Å². The maximum atomic E-state index is 10.2. The first-order valence-electron chi connectivity index (χ1n) is 5.68. The second-order valence-corrected chi connectivity index (χ2v) is 3.91. The smallest absolute Gasteiger partial charge is 0.857 e. The van der Waals surface area contributed by atoms with Gasteiger partial charge in [0, 0.05) is 19.3 Å². The van der Waals surface area contributed by atoms with E-state index in [0.29, 0.717) is 0 Å². The quantitative estimate of drug-likeness (QED) is 0.358. The Kier molecular flexibility index (Phi) is 9.02. The Hall–Kier alpha value is -0.610. The van der Waals surface area contributed by atoms with Gasteiger partial charge in [0.05, 0.1) is 0 Å². The molecule has 1 aliphatic rings. The molecule has 0 amide bonds. The molecule has 0 radical (unpaired) electrons. The van der Waals surface area contributed by atoms with Crippen LogP contribution in [-0.2, 0) is 11.2 Å². The summed E-state index contributed by atoms with van der Waals surface area (Å²) in [6.07, 6.45) is 6.55. The molecular formula is C14H18NNaO2. The number of benzene rings is 1. The van der Waals surface area contributed by atoms with E-state index in [1.165, 1.54) is 23.7 Å². The number of carbonyl (C=O) groups is 1. The average Bonchev–Trinajstić information content (AvgIpc) is 2.39. The Morgan fingerprint density at radius 2 is 2.06 bits per heavy atom. The molecule has 0 N–H and O–H groups in total. The van der Waals surface area contributed by atoms with Crippen LogP contribution in [0.4, 0.5) is 5.69 Å². The molecule has 0 unspecified atom stereocenters. The topological polar surface area (TPSA) is 43.4 Å². The second-order valence-electron chi connectivity index (χ2n) is 3.91. The molecule has 3 nitrogen and oxygen atoms in total. The third-order valence-corrected chi connectivity index (χ3v) is 2.82. The van der Waals surface area contributed by atoms with Crippen LogP contribution >= 0.6 is 0 Å². The number of aryl methyl sites for hydroxylation is 1. The number of aldehydes is 1. The van der Waals surface area contributed by atoms with E-state index in [9.17, 15) is 4.79 Å². The van der Waals surface area contributed by atoms with E-state index in [0.717, 1.165) is 31.9 Å². The number of allylic oxidation sites excluding steroid dienone is 1. The minimum absolute atomic E-state index is 0. The molecule has 0 saturated carbocycles. The second kappa shape index (κ2) is 9.34. The van der Waals surface area contributed by atoms with Gasteiger partial charge in [-0.15, -0.1) is 0 Å². The SMILES string of the molecule is CN1CCCc2cc(/C=C/C=O)ccc21.C[O-].[Na+]. The summed E-state index contributed by atoms with van der Waals surface area (Å²) in [5.41, 5.74) is 3.82. The van der Waals surface area contributed by atoms with Gasteiger partial charge in [-0.2, -0.15) is 7.11 Å². The zero-order chi connectivity index (χ0) is 12.7. The van der Waals surface area contributed by atoms with Gasteiger partial charge < -0.3 is 10.0 Å². The largest absolute Gasteiger partial charge is 1.00 e. The Morgan fingerprint density at radius 3 is 2.72 bits per heavy atom. The van der Waals surface area contributed by atoms with Crippen molar-refractivity contribution < 1.29 is 39.5 Å². The fourth-order valence-electron chi connectivity index (χ4n) is 2.06. The third kappa shape index (κ3) is 4.58. The monoisotopic (exact) mass is 255 g/mol. The molecule has 0 saturated heterocycles. The number of rotatable bonds is 2. The fourth-order valence-corrected chi connectivity index (χ4v) is 2.06. The molecule has 18 heavy (non-hydrogen) atoms. The first-order valence-corrected chi connectivity index (χ1v) is 5.68. The van der Waals surface area contributed by atoms with E-state index in [1.54, 1.807) is 0 Å². The number of hydrogen-bond donors (Lipinski definition) is 0. The van der Waals surface area contributed by atoms with Crippen LogP contribution in [0.25, 0.3) is 6.08 Å². The normalized spacial score (nSPS) is 13.2. The van der Waals surface area contributed by atoms with Gasteiger partial charge in [-0.25, -0.2) is 0 Å². The van der Waals surface area contributed by atoms with Crippen LogP contribution in [0.15, 0.2) is 24.3 Å². The van der Waals surface area contributed by atoms with E-state index < -0.39 is 0 Å². The van der Waals surface area contributed by atoms with Crippen molar-refractivity contribution in [2.24, 2.45) is 0 Å². The van der Waals surface area contributed by atoms with Gasteiger partial charge >= 0.3 is 29.6 Å². The summed E-state index contributed by atoms with van der Waals surface area (Å²) in [5.74, 6) is 0. The first kappa shape index (κ1) is 17.4. The number of anilines is 1. The Balaban J connectivity index is 0.000000917. The molecule has 0 aromatic heterocycles. The van der Waals surface area contributed by atoms with Crippen LogP contribution in [0, 0.1) is 0 Å². The van der Waals surface area contributed by atoms with Crippen LogP contribution < -0.4 is 39.6 Å². The number of hydrogen-bond acceptors (Lipinski definition) is 3. The zero-order valence-corrected chi connectivity index (χ0v) is 13.3. The molecule has 0 fully saturated rings. The van der Waals surface area contributed by atoms with Crippen LogP contribution in [0.1, 0.15) is 17.5 Å². The number of nitrogens with zero attached hydrogens (tertiary/aromatic N) is 1. The molecule has 1 heterocycles. The van der Waals surface area contributed by atoms with Crippen LogP contribution in [-0.4, -0.2) is 27.0 Å². The van der Waals surface area contributed by atoms with E-state index in [4.69, 9.17) is 5.11 Å². The van der Waals surface area contributed by atoms with E-state index in [-0.39, 0.29) is 29.6 Å². The summed E-state index contributed by atoms with van der Waals surface area (Å²) >= 11 is 0. The van der Waals surface area contributed by atoms with E-state index in [2.05, 4.69) is 30.1 Å². The Bertz CT molecular complexity index is 405. The molecule has 0 atom stereocenters. The van der Waals surface area contributed by atoms with Gasteiger partial charge in [-0.1, -0.05) is 12.1 Å². The third-order valence-electron chi connectivity index (χ3n) is 2.82. The van der Waals surface area contributed by atoms with Crippen molar-refractivity contribution in [1.29, 1.82) is 0 Å². The molecule has 92 valence electrons. The van der Waals surface area contributed by atoms with Crippen molar-refractivity contribution in [2.45, 2.75) is 12.8 Å². The van der Waals surface area contributed by atoms with Crippen LogP contribution in [0.2, 0.25) is 0 Å². The summed E-state index contributed by atoms with van der Waals surface area (Å²) in [5, 5.41) is 8.25. The minimum atomic E-state index is 0. The summed E-state index contributed by atoms with van der Waals surface area (Å²) in [7, 11) is 2.87. The van der Waals surface area contributed by atoms with Gasteiger partial charge in [0.2, 0.25) is 0 Å². The standard InChI is InChI=1S/C13H15NO.CH3O.Na/c1-14-8-2-5-12-10-11(4-3-9-15)6-7-13(12)14;1-2;/h3-4,6-7,9-10H,2,5,8H2,1H3;1H3;/q;-1;+1/b4-3+;;. The average molecular weight is 255 g/mol. The molecule has 1 aliphatic heterocycles. The zero-order valence-electron chi connectivity index (χ0n) is 11.3. The number of fused-ring (bicyclic) bond motifs is 1. The minimum Gasteiger partial charge on any atom is -0.857 e. The van der Waals surface area contributed by atoms with Crippen molar-refractivity contribution in [1.82, 2.24) is 0 Å². The Morgan fingerprint density at radius 1 is 1.33 bits per heavy atom. The van der Waals surface area contributed by atoms with Gasteiger partial charge in [-0.05, 0) is 42.2 Å². The van der Waals surface area contributed by atoms with E-state index in [1.807, 2.05) is 6.08 Å². The summed E-state index contributed by atoms with van der Waals surface area (Å²) in [6.45, 7) is 1.14. The molecule has 4 heteroatoms. The van der Waals surface area contributed by atoms with Gasteiger partial charge in [0.15, 0.2) is 0 Å². The fraction of sp³-hybridized carbons (Fsp3) is 0.357. The maximum Gasteiger partial charge on any atom is 1.00 e. The molecular weight excluding hydrogens is 237 g/mol. The summed E-state index contributed by atoms with van der Waals surface area (Å²) < 4.78 is 0. The molecule has 2 rings (SSSR count). The van der Waals surface area contributed by atoms with Gasteiger partial charge in [0.1, 0.15) is 6.29 Å². The summed E-state index contributed by atoms with van der Waals surface area (Å²) in [4.78, 5) is 12.5. The maximum absolute atomic E-state index is 10.2. The number of carbonyl (C=O) groups excluding carboxylic acids is 1. The molecule has 0 bridgehead atoms. The Labute approximate surface area is 131 Å². The first-order chi connectivity index (χ1) is 8.31. The van der Waals surface area contributed by atoms with Gasteiger partial charge in [-0.3, -0.25) is 4.79 Å². The predicted octanol–water partition coefficient (Wildman–Crippen LogP) is -1.74. The molecule has 0 aliphatic carbocycles. The van der Waals surface area contributed by atoms with Crippen LogP contribution in [0.5, 0.6) is 0 Å². The van der Waals surface area contributed by atoms with Crippen molar-refractivity contribution in [2.75, 3.05) is 25.6 Å². The predicted molar refractivity (Wildman–Crippen MR) is 69.1 cm³/mol. The van der Waals surface area contributed by atoms with Crippen molar-refractivity contribution in [3.8, 4) is 0 Å². The van der Waals surface area contributed by atoms with Crippen LogP contribution in [0.3, 0.4) is 0 Å². The summed E-state index contributed by atoms with van der Waals surface area (Å²) in [6, 6.07) is 6.37. The molecule has 1 aromatic rings.